The summed E-state index contributed by atoms with van der Waals surface area (Å²) < 4.78 is 0. The van der Waals surface area contributed by atoms with Gasteiger partial charge in [-0.25, -0.2) is 4.79 Å². The topological polar surface area (TPSA) is 86.7 Å². The molecule has 1 fully saturated rings. The number of anilines is 1. The molecule has 1 heterocycles. The van der Waals surface area contributed by atoms with Crippen LogP contribution in [0.1, 0.15) is 32.6 Å². The Morgan fingerprint density at radius 2 is 2.21 bits per heavy atom. The van der Waals surface area contributed by atoms with E-state index in [2.05, 4.69) is 5.32 Å². The maximum atomic E-state index is 12.5. The van der Waals surface area contributed by atoms with Crippen LogP contribution in [0.5, 0.6) is 0 Å². The van der Waals surface area contributed by atoms with Crippen molar-refractivity contribution in [3.63, 3.8) is 0 Å². The summed E-state index contributed by atoms with van der Waals surface area (Å²) in [6.45, 7) is 2.36. The lowest BCUT2D eigenvalue weighted by molar-refractivity contribution is -0.143. The van der Waals surface area contributed by atoms with Crippen LogP contribution in [0, 0.1) is 5.92 Å². The highest BCUT2D eigenvalue weighted by Gasteiger charge is 2.38. The SMILES string of the molecule is CCCC[C@H](NC(=O)C1CCN(c2cccc(Cl)c2)C1=O)C(=O)O. The predicted molar refractivity (Wildman–Crippen MR) is 91.0 cm³/mol. The second-order valence-electron chi connectivity index (χ2n) is 5.85. The lowest BCUT2D eigenvalue weighted by atomic mass is 10.1. The molecule has 2 atom stereocenters. The molecule has 1 aromatic carbocycles. The second kappa shape index (κ2) is 8.15. The third-order valence-corrected chi connectivity index (χ3v) is 4.34. The molecule has 2 rings (SSSR count). The van der Waals surface area contributed by atoms with Crippen LogP contribution in [0.4, 0.5) is 5.69 Å². The molecule has 1 saturated heterocycles. The maximum absolute atomic E-state index is 12.5. The first kappa shape index (κ1) is 18.3. The Kier molecular flexibility index (Phi) is 6.20. The molecule has 0 bridgehead atoms. The van der Waals surface area contributed by atoms with Gasteiger partial charge in [0.05, 0.1) is 0 Å². The monoisotopic (exact) mass is 352 g/mol. The summed E-state index contributed by atoms with van der Waals surface area (Å²) in [6, 6.07) is 5.92. The highest BCUT2D eigenvalue weighted by atomic mass is 35.5. The van der Waals surface area contributed by atoms with Gasteiger partial charge >= 0.3 is 5.97 Å². The smallest absolute Gasteiger partial charge is 0.326 e. The molecule has 6 nitrogen and oxygen atoms in total. The molecule has 1 aliphatic heterocycles. The van der Waals surface area contributed by atoms with Crippen molar-refractivity contribution < 1.29 is 19.5 Å². The van der Waals surface area contributed by atoms with E-state index in [1.54, 1.807) is 24.3 Å². The number of carboxylic acids is 1. The number of carbonyl (C=O) groups is 3. The van der Waals surface area contributed by atoms with Crippen molar-refractivity contribution in [1.29, 1.82) is 0 Å². The van der Waals surface area contributed by atoms with Crippen molar-refractivity contribution in [3.05, 3.63) is 29.3 Å². The highest BCUT2D eigenvalue weighted by Crippen LogP contribution is 2.27. The van der Waals surface area contributed by atoms with E-state index in [1.165, 1.54) is 4.90 Å². The Bertz CT molecular complexity index is 635. The number of halogens is 1. The summed E-state index contributed by atoms with van der Waals surface area (Å²) in [6.07, 6.45) is 2.25. The fourth-order valence-corrected chi connectivity index (χ4v) is 2.95. The lowest BCUT2D eigenvalue weighted by Gasteiger charge is -2.18. The maximum Gasteiger partial charge on any atom is 0.326 e. The highest BCUT2D eigenvalue weighted by molar-refractivity contribution is 6.31. The molecule has 24 heavy (non-hydrogen) atoms. The molecule has 130 valence electrons. The molecule has 0 saturated carbocycles. The molecule has 1 aliphatic rings. The minimum atomic E-state index is -1.08. The minimum Gasteiger partial charge on any atom is -0.480 e. The zero-order valence-electron chi connectivity index (χ0n) is 13.5. The number of nitrogens with zero attached hydrogens (tertiary/aromatic N) is 1. The van der Waals surface area contributed by atoms with Gasteiger partial charge in [0.15, 0.2) is 0 Å². The van der Waals surface area contributed by atoms with E-state index in [-0.39, 0.29) is 5.91 Å². The van der Waals surface area contributed by atoms with Gasteiger partial charge < -0.3 is 15.3 Å². The van der Waals surface area contributed by atoms with Crippen LogP contribution in [0.15, 0.2) is 24.3 Å². The zero-order valence-corrected chi connectivity index (χ0v) is 14.3. The van der Waals surface area contributed by atoms with Gasteiger partial charge in [-0.2, -0.15) is 0 Å². The minimum absolute atomic E-state index is 0.325. The third-order valence-electron chi connectivity index (χ3n) is 4.10. The van der Waals surface area contributed by atoms with Gasteiger partial charge in [0, 0.05) is 17.3 Å². The average molecular weight is 353 g/mol. The number of unbranched alkanes of at least 4 members (excludes halogenated alkanes) is 1. The first-order valence-electron chi connectivity index (χ1n) is 8.04. The van der Waals surface area contributed by atoms with Crippen LogP contribution in [0.25, 0.3) is 0 Å². The van der Waals surface area contributed by atoms with Crippen molar-refractivity contribution in [1.82, 2.24) is 5.32 Å². The Balaban J connectivity index is 2.03. The average Bonchev–Trinajstić information content (AvgIpc) is 2.92. The molecule has 0 radical (unpaired) electrons. The lowest BCUT2D eigenvalue weighted by Crippen LogP contribution is -2.45. The zero-order chi connectivity index (χ0) is 17.7. The molecule has 7 heteroatoms. The van der Waals surface area contributed by atoms with E-state index in [0.717, 1.165) is 6.42 Å². The number of amides is 2. The molecule has 0 aliphatic carbocycles. The van der Waals surface area contributed by atoms with Crippen LogP contribution < -0.4 is 10.2 Å². The van der Waals surface area contributed by atoms with Gasteiger partial charge in [-0.05, 0) is 31.0 Å². The molecule has 2 N–H and O–H groups in total. The first-order valence-corrected chi connectivity index (χ1v) is 8.42. The molecule has 1 unspecified atom stereocenters. The summed E-state index contributed by atoms with van der Waals surface area (Å²) in [7, 11) is 0. The van der Waals surface area contributed by atoms with E-state index < -0.39 is 23.8 Å². The Morgan fingerprint density at radius 3 is 2.83 bits per heavy atom. The summed E-state index contributed by atoms with van der Waals surface area (Å²) in [4.78, 5) is 37.6. The number of aliphatic carboxylic acids is 1. The summed E-state index contributed by atoms with van der Waals surface area (Å²) in [5.74, 6) is -2.77. The van der Waals surface area contributed by atoms with Crippen molar-refractivity contribution in [3.8, 4) is 0 Å². The number of rotatable bonds is 7. The number of carbonyl (C=O) groups excluding carboxylic acids is 2. The van der Waals surface area contributed by atoms with Crippen LogP contribution in [-0.2, 0) is 14.4 Å². The van der Waals surface area contributed by atoms with E-state index >= 15 is 0 Å². The Morgan fingerprint density at radius 1 is 1.46 bits per heavy atom. The molecular weight excluding hydrogens is 332 g/mol. The fourth-order valence-electron chi connectivity index (χ4n) is 2.76. The molecule has 0 spiro atoms. The van der Waals surface area contributed by atoms with Gasteiger partial charge in [0.1, 0.15) is 12.0 Å². The fraction of sp³-hybridized carbons (Fsp3) is 0.471. The van der Waals surface area contributed by atoms with Gasteiger partial charge in [-0.15, -0.1) is 0 Å². The Labute approximate surface area is 145 Å². The number of hydrogen-bond acceptors (Lipinski definition) is 3. The predicted octanol–water partition coefficient (Wildman–Crippen LogP) is 2.45. The molecule has 2 amide bonds. The number of benzene rings is 1. The quantitative estimate of drug-likeness (QED) is 0.738. The van der Waals surface area contributed by atoms with Gasteiger partial charge in [-0.1, -0.05) is 37.4 Å². The summed E-state index contributed by atoms with van der Waals surface area (Å²) >= 11 is 5.94. The number of hydrogen-bond donors (Lipinski definition) is 2. The largest absolute Gasteiger partial charge is 0.480 e. The normalized spacial score (nSPS) is 18.5. The first-order chi connectivity index (χ1) is 11.4. The van der Waals surface area contributed by atoms with Crippen molar-refractivity contribution >= 4 is 35.1 Å². The van der Waals surface area contributed by atoms with Crippen LogP contribution in [-0.4, -0.2) is 35.5 Å². The standard InChI is InChI=1S/C17H21ClN2O4/c1-2-3-7-14(17(23)24)19-15(21)13-8-9-20(16(13)22)12-6-4-5-11(18)10-12/h4-6,10,13-14H,2-3,7-9H2,1H3,(H,19,21)(H,23,24)/t13?,14-/m0/s1. The Hall–Kier alpha value is -2.08. The molecular formula is C17H21ClN2O4. The van der Waals surface area contributed by atoms with E-state index in [0.29, 0.717) is 36.5 Å². The number of carboxylic acid groups (broad SMARTS) is 1. The van der Waals surface area contributed by atoms with Crippen molar-refractivity contribution in [2.24, 2.45) is 5.92 Å². The van der Waals surface area contributed by atoms with Crippen molar-refractivity contribution in [2.45, 2.75) is 38.6 Å². The second-order valence-corrected chi connectivity index (χ2v) is 6.29. The van der Waals surface area contributed by atoms with Crippen LogP contribution in [0.2, 0.25) is 5.02 Å². The number of nitrogens with one attached hydrogen (secondary N) is 1. The molecule has 1 aromatic rings. The third kappa shape index (κ3) is 4.26. The van der Waals surface area contributed by atoms with Crippen LogP contribution in [0.3, 0.4) is 0 Å². The van der Waals surface area contributed by atoms with Crippen LogP contribution >= 0.6 is 11.6 Å². The van der Waals surface area contributed by atoms with Crippen molar-refractivity contribution in [2.75, 3.05) is 11.4 Å². The van der Waals surface area contributed by atoms with E-state index in [4.69, 9.17) is 11.6 Å². The summed E-state index contributed by atoms with van der Waals surface area (Å²) in [5, 5.41) is 12.2. The van der Waals surface area contributed by atoms with Gasteiger partial charge in [0.25, 0.3) is 0 Å². The van der Waals surface area contributed by atoms with E-state index in [9.17, 15) is 19.5 Å². The summed E-state index contributed by atoms with van der Waals surface area (Å²) in [5.41, 5.74) is 0.642. The molecule has 0 aromatic heterocycles. The van der Waals surface area contributed by atoms with E-state index in [1.807, 2.05) is 6.92 Å². The van der Waals surface area contributed by atoms with Gasteiger partial charge in [0.2, 0.25) is 11.8 Å². The van der Waals surface area contributed by atoms with Gasteiger partial charge in [-0.3, -0.25) is 9.59 Å².